The SMILES string of the molecule is COc1ccc(/C=C/C(=O)O[C@H](C(=O)O)[C@](O)(Cc2ccc(O)c(O)c2)C(=O)O)cc1OC. The van der Waals surface area contributed by atoms with Crippen LogP contribution < -0.4 is 9.47 Å². The van der Waals surface area contributed by atoms with Crippen molar-refractivity contribution < 1.29 is 54.1 Å². The smallest absolute Gasteiger partial charge is 0.348 e. The van der Waals surface area contributed by atoms with E-state index in [4.69, 9.17) is 14.2 Å². The maximum Gasteiger partial charge on any atom is 0.348 e. The number of methoxy groups -OCH3 is 2. The van der Waals surface area contributed by atoms with Crippen LogP contribution in [0.2, 0.25) is 0 Å². The number of phenols is 2. The van der Waals surface area contributed by atoms with Gasteiger partial charge in [0.2, 0.25) is 11.7 Å². The molecule has 2 atom stereocenters. The van der Waals surface area contributed by atoms with Crippen molar-refractivity contribution in [2.75, 3.05) is 14.2 Å². The lowest BCUT2D eigenvalue weighted by molar-refractivity contribution is -0.192. The molecule has 0 fully saturated rings. The number of phenolic OH excluding ortho intramolecular Hbond substituents is 2. The number of aliphatic hydroxyl groups is 1. The minimum absolute atomic E-state index is 0.0293. The molecule has 11 heteroatoms. The van der Waals surface area contributed by atoms with Crippen LogP contribution in [0.3, 0.4) is 0 Å². The molecule has 2 aromatic carbocycles. The number of esters is 1. The largest absolute Gasteiger partial charge is 0.504 e. The van der Waals surface area contributed by atoms with Crippen LogP contribution in [0.15, 0.2) is 42.5 Å². The van der Waals surface area contributed by atoms with E-state index >= 15 is 0 Å². The molecule has 2 aromatic rings. The standard InChI is InChI=1S/C22H22O11/c1-31-16-7-4-12(10-17(16)32-2)5-8-18(25)33-19(20(26)27)22(30,21(28)29)11-13-3-6-14(23)15(24)9-13/h3-10,19,23-24,30H,11H2,1-2H3,(H,26,27)(H,28,29)/b8-5+/t19-,22-/m1/s1. The first-order valence-corrected chi connectivity index (χ1v) is 9.32. The van der Waals surface area contributed by atoms with E-state index in [0.717, 1.165) is 18.2 Å². The summed E-state index contributed by atoms with van der Waals surface area (Å²) in [5, 5.41) is 48.5. The van der Waals surface area contributed by atoms with Crippen LogP contribution in [0.25, 0.3) is 6.08 Å². The number of rotatable bonds is 10. The molecular formula is C22H22O11. The maximum atomic E-state index is 12.2. The number of hydrogen-bond donors (Lipinski definition) is 5. The van der Waals surface area contributed by atoms with Crippen LogP contribution in [0.1, 0.15) is 11.1 Å². The molecule has 0 saturated heterocycles. The number of aliphatic carboxylic acids is 2. The number of carboxylic acids is 2. The zero-order chi connectivity index (χ0) is 24.8. The minimum atomic E-state index is -3.08. The molecule has 33 heavy (non-hydrogen) atoms. The average Bonchev–Trinajstić information content (AvgIpc) is 2.77. The number of benzene rings is 2. The zero-order valence-electron chi connectivity index (χ0n) is 17.6. The molecule has 5 N–H and O–H groups in total. The first-order chi connectivity index (χ1) is 15.5. The van der Waals surface area contributed by atoms with Gasteiger partial charge in [0.15, 0.2) is 23.0 Å². The molecule has 11 nitrogen and oxygen atoms in total. The highest BCUT2D eigenvalue weighted by atomic mass is 16.6. The van der Waals surface area contributed by atoms with Crippen LogP contribution in [-0.2, 0) is 25.5 Å². The molecule has 0 aliphatic heterocycles. The van der Waals surface area contributed by atoms with E-state index < -0.39 is 47.5 Å². The third-order valence-electron chi connectivity index (χ3n) is 4.60. The summed E-state index contributed by atoms with van der Waals surface area (Å²) in [5.41, 5.74) is -2.65. The van der Waals surface area contributed by atoms with E-state index in [0.29, 0.717) is 17.1 Å². The van der Waals surface area contributed by atoms with Crippen molar-refractivity contribution in [3.05, 3.63) is 53.6 Å². The summed E-state index contributed by atoms with van der Waals surface area (Å²) in [4.78, 5) is 35.7. The van der Waals surface area contributed by atoms with Gasteiger partial charge < -0.3 is 39.7 Å². The van der Waals surface area contributed by atoms with Crippen LogP contribution >= 0.6 is 0 Å². The summed E-state index contributed by atoms with van der Waals surface area (Å²) in [7, 11) is 2.86. The normalized spacial score (nSPS) is 13.7. The van der Waals surface area contributed by atoms with E-state index in [1.165, 1.54) is 32.4 Å². The van der Waals surface area contributed by atoms with Crippen LogP contribution in [0, 0.1) is 0 Å². The van der Waals surface area contributed by atoms with Gasteiger partial charge in [-0.25, -0.2) is 14.4 Å². The fourth-order valence-corrected chi connectivity index (χ4v) is 2.90. The van der Waals surface area contributed by atoms with Crippen molar-refractivity contribution in [1.29, 1.82) is 0 Å². The van der Waals surface area contributed by atoms with Gasteiger partial charge in [0.05, 0.1) is 14.2 Å². The fraction of sp³-hybridized carbons (Fsp3) is 0.227. The van der Waals surface area contributed by atoms with Crippen molar-refractivity contribution in [3.63, 3.8) is 0 Å². The Kier molecular flexibility index (Phi) is 7.86. The highest BCUT2D eigenvalue weighted by Crippen LogP contribution is 2.30. The summed E-state index contributed by atoms with van der Waals surface area (Å²) >= 11 is 0. The van der Waals surface area contributed by atoms with Gasteiger partial charge in [0, 0.05) is 12.5 Å². The summed E-state index contributed by atoms with van der Waals surface area (Å²) < 4.78 is 15.0. The quantitative estimate of drug-likeness (QED) is 0.194. The van der Waals surface area contributed by atoms with Crippen LogP contribution in [0.5, 0.6) is 23.0 Å². The zero-order valence-corrected chi connectivity index (χ0v) is 17.6. The fourth-order valence-electron chi connectivity index (χ4n) is 2.90. The number of carbonyl (C=O) groups is 3. The van der Waals surface area contributed by atoms with Crippen molar-refractivity contribution in [2.45, 2.75) is 18.1 Å². The second kappa shape index (κ2) is 10.4. The van der Waals surface area contributed by atoms with Gasteiger partial charge in [-0.2, -0.15) is 0 Å². The van der Waals surface area contributed by atoms with Crippen molar-refractivity contribution >= 4 is 24.0 Å². The Morgan fingerprint density at radius 3 is 2.18 bits per heavy atom. The second-order valence-corrected chi connectivity index (χ2v) is 6.83. The van der Waals surface area contributed by atoms with Crippen molar-refractivity contribution in [2.24, 2.45) is 0 Å². The molecule has 2 rings (SSSR count). The summed E-state index contributed by atoms with van der Waals surface area (Å²) in [6.07, 6.45) is -1.22. The monoisotopic (exact) mass is 462 g/mol. The number of ether oxygens (including phenoxy) is 3. The lowest BCUT2D eigenvalue weighted by Gasteiger charge is -2.29. The predicted molar refractivity (Wildman–Crippen MR) is 112 cm³/mol. The van der Waals surface area contributed by atoms with Gasteiger partial charge in [-0.15, -0.1) is 0 Å². The van der Waals surface area contributed by atoms with Gasteiger partial charge in [-0.3, -0.25) is 0 Å². The van der Waals surface area contributed by atoms with Gasteiger partial charge in [0.1, 0.15) is 0 Å². The lowest BCUT2D eigenvalue weighted by atomic mass is 9.88. The molecule has 0 unspecified atom stereocenters. The van der Waals surface area contributed by atoms with Crippen LogP contribution in [0.4, 0.5) is 0 Å². The maximum absolute atomic E-state index is 12.2. The second-order valence-electron chi connectivity index (χ2n) is 6.83. The Morgan fingerprint density at radius 1 is 0.970 bits per heavy atom. The number of hydrogen-bond acceptors (Lipinski definition) is 9. The molecule has 176 valence electrons. The van der Waals surface area contributed by atoms with Crippen LogP contribution in [-0.4, -0.2) is 69.4 Å². The van der Waals surface area contributed by atoms with E-state index in [2.05, 4.69) is 0 Å². The first-order valence-electron chi connectivity index (χ1n) is 9.32. The Bertz CT molecular complexity index is 1080. The third-order valence-corrected chi connectivity index (χ3v) is 4.60. The lowest BCUT2D eigenvalue weighted by Crippen LogP contribution is -2.56. The molecule has 0 amide bonds. The number of aromatic hydroxyl groups is 2. The molecule has 0 aliphatic carbocycles. The Labute approximate surface area is 187 Å². The highest BCUT2D eigenvalue weighted by molar-refractivity contribution is 5.93. The highest BCUT2D eigenvalue weighted by Gasteiger charge is 2.51. The average molecular weight is 462 g/mol. The Hall–Kier alpha value is -4.25. The molecule has 0 bridgehead atoms. The summed E-state index contributed by atoms with van der Waals surface area (Å²) in [5.74, 6) is -5.41. The van der Waals surface area contributed by atoms with Gasteiger partial charge in [-0.05, 0) is 41.5 Å². The topological polar surface area (TPSA) is 180 Å². The number of carboxylic acid groups (broad SMARTS) is 2. The predicted octanol–water partition coefficient (Wildman–Crippen LogP) is 1.18. The molecule has 0 spiro atoms. The van der Waals surface area contributed by atoms with E-state index in [1.807, 2.05) is 0 Å². The van der Waals surface area contributed by atoms with Gasteiger partial charge in [-0.1, -0.05) is 12.1 Å². The molecular weight excluding hydrogens is 440 g/mol. The molecule has 0 aliphatic rings. The van der Waals surface area contributed by atoms with E-state index in [1.54, 1.807) is 12.1 Å². The van der Waals surface area contributed by atoms with Gasteiger partial charge in [0.25, 0.3) is 0 Å². The Balaban J connectivity index is 2.26. The Morgan fingerprint density at radius 2 is 1.64 bits per heavy atom. The van der Waals surface area contributed by atoms with Gasteiger partial charge >= 0.3 is 17.9 Å². The van der Waals surface area contributed by atoms with Crippen molar-refractivity contribution in [3.8, 4) is 23.0 Å². The molecule has 0 radical (unpaired) electrons. The summed E-state index contributed by atoms with van der Waals surface area (Å²) in [6.45, 7) is 0. The third kappa shape index (κ3) is 5.92. The van der Waals surface area contributed by atoms with E-state index in [9.17, 15) is 39.9 Å². The molecule has 0 heterocycles. The molecule has 0 aromatic heterocycles. The van der Waals surface area contributed by atoms with E-state index in [-0.39, 0.29) is 5.56 Å². The molecule has 0 saturated carbocycles. The minimum Gasteiger partial charge on any atom is -0.504 e. The number of carbonyl (C=O) groups excluding carboxylic acids is 1. The van der Waals surface area contributed by atoms with Crippen molar-refractivity contribution in [1.82, 2.24) is 0 Å². The summed E-state index contributed by atoms with van der Waals surface area (Å²) in [6, 6.07) is 7.81. The first kappa shape index (κ1) is 25.0.